The minimum atomic E-state index is -1.19. The average Bonchev–Trinajstić information content (AvgIpc) is 3.20. The predicted molar refractivity (Wildman–Crippen MR) is 243 cm³/mol. The average molecular weight is 889 g/mol. The van der Waals surface area contributed by atoms with Crippen LogP contribution < -0.4 is 16.0 Å². The molecule has 0 fully saturated rings. The summed E-state index contributed by atoms with van der Waals surface area (Å²) in [6.07, 6.45) is 4.65. The summed E-state index contributed by atoms with van der Waals surface area (Å²) in [7, 11) is 2.82. The van der Waals surface area contributed by atoms with Gasteiger partial charge in [0.2, 0.25) is 29.5 Å². The fraction of sp³-hybridized carbons (Fsp3) is 0.638. The molecule has 1 rings (SSSR count). The van der Waals surface area contributed by atoms with E-state index in [0.29, 0.717) is 29.0 Å². The Kier molecular flexibility index (Phi) is 22.7. The molecule has 0 aliphatic heterocycles. The molecule has 8 atom stereocenters. The van der Waals surface area contributed by atoms with Gasteiger partial charge in [-0.2, -0.15) is 0 Å². The van der Waals surface area contributed by atoms with E-state index in [1.54, 1.807) is 38.1 Å². The van der Waals surface area contributed by atoms with Crippen LogP contribution in [0.4, 0.5) is 0 Å². The minimum Gasteiger partial charge on any atom is -0.480 e. The normalized spacial score (nSPS) is 16.1. The lowest BCUT2D eigenvalue weighted by Crippen LogP contribution is -2.57. The number of carboxylic acids is 1. The van der Waals surface area contributed by atoms with Crippen LogP contribution >= 0.6 is 11.6 Å². The Morgan fingerprint density at radius 2 is 1.45 bits per heavy atom. The number of carboxylic acid groups (broad SMARTS) is 1. The van der Waals surface area contributed by atoms with E-state index in [9.17, 15) is 38.7 Å². The van der Waals surface area contributed by atoms with Crippen LogP contribution in [0.3, 0.4) is 0 Å². The Balaban J connectivity index is 3.23. The molecule has 1 aromatic carbocycles. The van der Waals surface area contributed by atoms with E-state index in [2.05, 4.69) is 16.0 Å². The second-order valence-electron chi connectivity index (χ2n) is 18.2. The lowest BCUT2D eigenvalue weighted by Gasteiger charge is -2.33. The Bertz CT molecular complexity index is 1770. The second-order valence-corrected chi connectivity index (χ2v) is 18.6. The molecule has 0 saturated carbocycles. The fourth-order valence-electron chi connectivity index (χ4n) is 6.53. The zero-order valence-corrected chi connectivity index (χ0v) is 40.4. The van der Waals surface area contributed by atoms with E-state index in [1.165, 1.54) is 25.9 Å². The summed E-state index contributed by atoms with van der Waals surface area (Å²) in [6.45, 7) is 23.3. The van der Waals surface area contributed by atoms with Gasteiger partial charge in [0.1, 0.15) is 30.3 Å². The Hall–Kier alpha value is -4.72. The number of likely N-dealkylation sites (N-methyl/N-ethyl adjacent to an activating group) is 2. The molecule has 1 unspecified atom stereocenters. The number of benzene rings is 1. The summed E-state index contributed by atoms with van der Waals surface area (Å²) in [5.41, 5.74) is 1.35. The maximum absolute atomic E-state index is 14.0. The van der Waals surface area contributed by atoms with Crippen molar-refractivity contribution in [2.45, 2.75) is 146 Å². The molecule has 5 amide bonds. The number of hydrogen-bond acceptors (Lipinski definition) is 8. The van der Waals surface area contributed by atoms with Crippen molar-refractivity contribution >= 4 is 53.1 Å². The van der Waals surface area contributed by atoms with Gasteiger partial charge in [-0.1, -0.05) is 83.8 Å². The number of ether oxygens (including phenoxy) is 1. The number of allylic oxidation sites excluding steroid dienone is 2. The van der Waals surface area contributed by atoms with E-state index in [-0.39, 0.29) is 42.5 Å². The topological polar surface area (TPSA) is 192 Å². The van der Waals surface area contributed by atoms with Gasteiger partial charge in [-0.15, -0.1) is 0 Å². The van der Waals surface area contributed by atoms with Crippen LogP contribution in [0.2, 0.25) is 5.02 Å². The SMILES string of the molecule is C/C=C(\C)[C@@H](OC(=O)C(C)(C)C)[C@@H](C)[C@@H](C)C/C=C(\C)C(=O)N[C@H](CC(C)C)C(=O)N[C@@H](C)C(=O)N(C)[C@H](Cc1ccc(Cl)cc1)C(=O)N(C)CC(=O)NC(C(=O)O)[C@@H](C)CC. The number of nitrogens with one attached hydrogen (secondary N) is 3. The van der Waals surface area contributed by atoms with Gasteiger partial charge in [-0.25, -0.2) is 4.79 Å². The quantitative estimate of drug-likeness (QED) is 0.0551. The molecule has 1 aromatic rings. The maximum Gasteiger partial charge on any atom is 0.326 e. The number of amides is 5. The molecule has 0 spiro atoms. The van der Waals surface area contributed by atoms with E-state index in [4.69, 9.17) is 16.3 Å². The molecule has 4 N–H and O–H groups in total. The summed E-state index contributed by atoms with van der Waals surface area (Å²) in [5.74, 6) is -4.76. The number of aliphatic carboxylic acids is 1. The number of carbonyl (C=O) groups is 7. The van der Waals surface area contributed by atoms with Gasteiger partial charge in [0.25, 0.3) is 0 Å². The molecular formula is C47H74ClN5O9. The van der Waals surface area contributed by atoms with Crippen molar-refractivity contribution in [3.05, 3.63) is 58.1 Å². The third kappa shape index (κ3) is 17.6. The van der Waals surface area contributed by atoms with E-state index < -0.39 is 77.7 Å². The molecule has 0 radical (unpaired) electrons. The summed E-state index contributed by atoms with van der Waals surface area (Å²) >= 11 is 6.10. The van der Waals surface area contributed by atoms with Crippen LogP contribution in [0.1, 0.15) is 115 Å². The number of carbonyl (C=O) groups excluding carboxylic acids is 6. The zero-order chi connectivity index (χ0) is 47.8. The first-order valence-electron chi connectivity index (χ1n) is 21.6. The molecule has 348 valence electrons. The number of nitrogens with zero attached hydrogens (tertiary/aromatic N) is 2. The lowest BCUT2D eigenvalue weighted by atomic mass is 9.84. The zero-order valence-electron chi connectivity index (χ0n) is 39.7. The van der Waals surface area contributed by atoms with Gasteiger partial charge in [-0.3, -0.25) is 28.8 Å². The second kappa shape index (κ2) is 25.4. The van der Waals surface area contributed by atoms with Gasteiger partial charge in [0.15, 0.2) is 0 Å². The summed E-state index contributed by atoms with van der Waals surface area (Å²) in [6, 6.07) is 2.35. The monoisotopic (exact) mass is 888 g/mol. The number of esters is 1. The van der Waals surface area contributed by atoms with Crippen molar-refractivity contribution in [3.63, 3.8) is 0 Å². The minimum absolute atomic E-state index is 0.00225. The third-order valence-corrected chi connectivity index (χ3v) is 11.6. The van der Waals surface area contributed by atoms with Crippen molar-refractivity contribution in [2.24, 2.45) is 29.1 Å². The Morgan fingerprint density at radius 1 is 0.871 bits per heavy atom. The first kappa shape index (κ1) is 55.3. The standard InChI is InChI=1S/C47H74ClN5O9/c1-16-28(5)39(45(59)60)51-38(54)26-52(14)44(58)37(25-34-20-22-35(48)23-21-34)53(15)43(57)33(10)49-42(56)36(24-27(3)4)50-41(55)31(8)19-18-30(7)32(9)40(29(6)17-2)62-46(61)47(11,12)13/h17,19-23,27-28,30,32-33,36-37,39-40H,16,18,24-26H2,1-15H3,(H,49,56)(H,50,55)(H,51,54)(H,59,60)/b29-17+,31-19+/t28-,30-,32-,33-,36+,37+,39?,40+/m0/s1. The van der Waals surface area contributed by atoms with Crippen LogP contribution in [-0.2, 0) is 44.7 Å². The van der Waals surface area contributed by atoms with E-state index >= 15 is 0 Å². The molecule has 0 saturated heterocycles. The molecule has 14 nitrogen and oxygen atoms in total. The third-order valence-electron chi connectivity index (χ3n) is 11.3. The maximum atomic E-state index is 14.0. The summed E-state index contributed by atoms with van der Waals surface area (Å²) in [5, 5.41) is 18.2. The highest BCUT2D eigenvalue weighted by Crippen LogP contribution is 2.29. The fourth-order valence-corrected chi connectivity index (χ4v) is 6.66. The van der Waals surface area contributed by atoms with Crippen LogP contribution in [0.25, 0.3) is 0 Å². The number of rotatable bonds is 23. The molecule has 0 aliphatic rings. The highest BCUT2D eigenvalue weighted by molar-refractivity contribution is 6.30. The summed E-state index contributed by atoms with van der Waals surface area (Å²) in [4.78, 5) is 95.2. The molecule has 62 heavy (non-hydrogen) atoms. The van der Waals surface area contributed by atoms with Gasteiger partial charge in [-0.05, 0) is 108 Å². The number of hydrogen-bond donors (Lipinski definition) is 4. The highest BCUT2D eigenvalue weighted by atomic mass is 35.5. The van der Waals surface area contributed by atoms with Gasteiger partial charge >= 0.3 is 11.9 Å². The molecular weight excluding hydrogens is 814 g/mol. The summed E-state index contributed by atoms with van der Waals surface area (Å²) < 4.78 is 5.96. The van der Waals surface area contributed by atoms with Gasteiger partial charge < -0.3 is 35.6 Å². The van der Waals surface area contributed by atoms with Gasteiger partial charge in [0.05, 0.1) is 12.0 Å². The highest BCUT2D eigenvalue weighted by Gasteiger charge is 2.35. The Labute approximate surface area is 375 Å². The van der Waals surface area contributed by atoms with Crippen molar-refractivity contribution in [1.29, 1.82) is 0 Å². The smallest absolute Gasteiger partial charge is 0.326 e. The van der Waals surface area contributed by atoms with Crippen molar-refractivity contribution < 1.29 is 43.4 Å². The predicted octanol–water partition coefficient (Wildman–Crippen LogP) is 6.35. The van der Waals surface area contributed by atoms with Crippen molar-refractivity contribution in [3.8, 4) is 0 Å². The molecule has 15 heteroatoms. The Morgan fingerprint density at radius 3 is 1.95 bits per heavy atom. The van der Waals surface area contributed by atoms with E-state index in [1.807, 2.05) is 81.4 Å². The largest absolute Gasteiger partial charge is 0.480 e. The van der Waals surface area contributed by atoms with Crippen LogP contribution in [0, 0.1) is 29.1 Å². The van der Waals surface area contributed by atoms with Crippen LogP contribution in [-0.4, -0.2) is 107 Å². The van der Waals surface area contributed by atoms with Crippen LogP contribution in [0.5, 0.6) is 0 Å². The molecule has 0 aromatic heterocycles. The lowest BCUT2D eigenvalue weighted by molar-refractivity contribution is -0.159. The first-order chi connectivity index (χ1) is 28.7. The molecule has 0 bridgehead atoms. The van der Waals surface area contributed by atoms with Gasteiger partial charge in [0, 0.05) is 31.1 Å². The van der Waals surface area contributed by atoms with Crippen LogP contribution in [0.15, 0.2) is 47.6 Å². The van der Waals surface area contributed by atoms with Crippen molar-refractivity contribution in [1.82, 2.24) is 25.8 Å². The molecule has 0 heterocycles. The first-order valence-corrected chi connectivity index (χ1v) is 21.9. The molecule has 0 aliphatic carbocycles. The van der Waals surface area contributed by atoms with Crippen molar-refractivity contribution in [2.75, 3.05) is 20.6 Å². The van der Waals surface area contributed by atoms with E-state index in [0.717, 1.165) is 10.5 Å². The number of halogens is 1.